The van der Waals surface area contributed by atoms with Gasteiger partial charge in [-0.2, -0.15) is 0 Å². The highest BCUT2D eigenvalue weighted by Crippen LogP contribution is 2.60. The number of hydrogen-bond acceptors (Lipinski definition) is 1. The van der Waals surface area contributed by atoms with E-state index in [1.807, 2.05) is 0 Å². The summed E-state index contributed by atoms with van der Waals surface area (Å²) in [6.07, 6.45) is 0. The fraction of sp³-hybridized carbons (Fsp3) is 0.0968. The Morgan fingerprint density at radius 3 is 2.12 bits per heavy atom. The fourth-order valence-electron chi connectivity index (χ4n) is 5.99. The van der Waals surface area contributed by atoms with Crippen LogP contribution in [0.25, 0.3) is 33.0 Å². The molecule has 0 saturated carbocycles. The summed E-state index contributed by atoms with van der Waals surface area (Å²) in [7, 11) is 0. The highest BCUT2D eigenvalue weighted by atomic mass is 15.2. The summed E-state index contributed by atoms with van der Waals surface area (Å²) in [4.78, 5) is 2.50. The van der Waals surface area contributed by atoms with E-state index in [0.717, 1.165) is 0 Å². The van der Waals surface area contributed by atoms with E-state index < -0.39 is 0 Å². The highest BCUT2D eigenvalue weighted by molar-refractivity contribution is 6.17. The normalized spacial score (nSPS) is 14.8. The topological polar surface area (TPSA) is 3.24 Å². The lowest BCUT2D eigenvalue weighted by atomic mass is 9.78. The summed E-state index contributed by atoms with van der Waals surface area (Å²) < 4.78 is 0. The van der Waals surface area contributed by atoms with Gasteiger partial charge in [-0.3, -0.25) is 0 Å². The molecule has 0 radical (unpaired) electrons. The molecule has 1 aliphatic carbocycles. The molecule has 1 nitrogen and oxygen atoms in total. The van der Waals surface area contributed by atoms with Crippen molar-refractivity contribution < 1.29 is 0 Å². The van der Waals surface area contributed by atoms with E-state index in [4.69, 9.17) is 0 Å². The maximum atomic E-state index is 2.50. The standard InChI is InChI=1S/C31H23N/c1-31(2)26-17-8-6-14-22(26)25-19-20-11-10-16-24-23-15-7-9-18-27(23)32(21-12-4-3-5-13-21)30(28(20)24)29(25)31/h3-19H,1-2H3. The quantitative estimate of drug-likeness (QED) is 0.263. The number of hydrogen-bond donors (Lipinski definition) is 0. The van der Waals surface area contributed by atoms with Gasteiger partial charge in [0.2, 0.25) is 0 Å². The third-order valence-corrected chi connectivity index (χ3v) is 7.33. The minimum Gasteiger partial charge on any atom is -0.309 e. The first-order valence-electron chi connectivity index (χ1n) is 11.3. The molecule has 152 valence electrons. The van der Waals surface area contributed by atoms with Crippen molar-refractivity contribution >= 4 is 27.8 Å². The summed E-state index contributed by atoms with van der Waals surface area (Å²) in [5.41, 5.74) is 11.9. The number of nitrogens with zero attached hydrogens (tertiary/aromatic N) is 1. The van der Waals surface area contributed by atoms with Crippen LogP contribution in [0.4, 0.5) is 17.1 Å². The third-order valence-electron chi connectivity index (χ3n) is 7.33. The summed E-state index contributed by atoms with van der Waals surface area (Å²) in [5.74, 6) is 0. The van der Waals surface area contributed by atoms with E-state index in [-0.39, 0.29) is 5.41 Å². The van der Waals surface area contributed by atoms with Gasteiger partial charge in [0, 0.05) is 22.1 Å². The van der Waals surface area contributed by atoms with E-state index >= 15 is 0 Å². The smallest absolute Gasteiger partial charge is 0.0593 e. The summed E-state index contributed by atoms with van der Waals surface area (Å²) in [6.45, 7) is 4.76. The van der Waals surface area contributed by atoms with Crippen LogP contribution in [0, 0.1) is 0 Å². The monoisotopic (exact) mass is 409 g/mol. The fourth-order valence-corrected chi connectivity index (χ4v) is 5.99. The molecule has 1 aliphatic heterocycles. The number of fused-ring (bicyclic) bond motifs is 6. The molecular formula is C31H23N. The van der Waals surface area contributed by atoms with Crippen molar-refractivity contribution in [3.8, 4) is 22.3 Å². The van der Waals surface area contributed by atoms with E-state index in [0.29, 0.717) is 0 Å². The Kier molecular flexibility index (Phi) is 3.40. The maximum Gasteiger partial charge on any atom is 0.0593 e. The minimum absolute atomic E-state index is 0.0815. The molecule has 1 heteroatoms. The predicted octanol–water partition coefficient (Wildman–Crippen LogP) is 8.60. The first-order chi connectivity index (χ1) is 15.7. The van der Waals surface area contributed by atoms with Crippen LogP contribution in [0.5, 0.6) is 0 Å². The molecule has 7 rings (SSSR count). The van der Waals surface area contributed by atoms with E-state index in [9.17, 15) is 0 Å². The second kappa shape index (κ2) is 6.11. The zero-order valence-electron chi connectivity index (χ0n) is 18.3. The molecule has 0 saturated heterocycles. The van der Waals surface area contributed by atoms with Gasteiger partial charge in [0.1, 0.15) is 0 Å². The number of rotatable bonds is 1. The Balaban J connectivity index is 1.71. The van der Waals surface area contributed by atoms with Gasteiger partial charge in [-0.1, -0.05) is 92.7 Å². The summed E-state index contributed by atoms with van der Waals surface area (Å²) in [6, 6.07) is 37.8. The number of para-hydroxylation sites is 2. The molecular weight excluding hydrogens is 386 g/mol. The average Bonchev–Trinajstić information content (AvgIpc) is 3.07. The number of anilines is 3. The molecule has 0 spiro atoms. The van der Waals surface area contributed by atoms with E-state index in [1.54, 1.807) is 0 Å². The summed E-state index contributed by atoms with van der Waals surface area (Å²) in [5, 5.41) is 2.66. The van der Waals surface area contributed by atoms with Gasteiger partial charge < -0.3 is 4.90 Å². The van der Waals surface area contributed by atoms with Crippen molar-refractivity contribution in [2.24, 2.45) is 0 Å². The lowest BCUT2D eigenvalue weighted by molar-refractivity contribution is 0.661. The molecule has 0 atom stereocenters. The second-order valence-corrected chi connectivity index (χ2v) is 9.41. The maximum absolute atomic E-state index is 2.50. The van der Waals surface area contributed by atoms with Crippen LogP contribution < -0.4 is 4.90 Å². The molecule has 0 aromatic heterocycles. The van der Waals surface area contributed by atoms with Crippen molar-refractivity contribution in [3.05, 3.63) is 114 Å². The van der Waals surface area contributed by atoms with Gasteiger partial charge in [0.15, 0.2) is 0 Å². The van der Waals surface area contributed by atoms with Gasteiger partial charge in [-0.05, 0) is 57.5 Å². The van der Waals surface area contributed by atoms with Crippen molar-refractivity contribution in [3.63, 3.8) is 0 Å². The van der Waals surface area contributed by atoms with Gasteiger partial charge in [0.05, 0.1) is 11.4 Å². The minimum atomic E-state index is -0.0815. The molecule has 5 aromatic carbocycles. The first kappa shape index (κ1) is 17.8. The van der Waals surface area contributed by atoms with Crippen molar-refractivity contribution in [2.45, 2.75) is 19.3 Å². The van der Waals surface area contributed by atoms with Gasteiger partial charge in [0.25, 0.3) is 0 Å². The summed E-state index contributed by atoms with van der Waals surface area (Å²) >= 11 is 0. The Bertz CT molecular complexity index is 1540. The van der Waals surface area contributed by atoms with Gasteiger partial charge >= 0.3 is 0 Å². The lowest BCUT2D eigenvalue weighted by Gasteiger charge is -2.37. The van der Waals surface area contributed by atoms with Crippen molar-refractivity contribution in [1.82, 2.24) is 0 Å². The van der Waals surface area contributed by atoms with E-state index in [2.05, 4.69) is 122 Å². The first-order valence-corrected chi connectivity index (χ1v) is 11.3. The SMILES string of the molecule is CC1(C)c2ccccc2-c2cc3cccc4c3c(c21)N(c1ccccc1)c1ccccc1-4. The molecule has 5 aromatic rings. The third kappa shape index (κ3) is 2.13. The molecule has 0 bridgehead atoms. The van der Waals surface area contributed by atoms with Crippen LogP contribution in [0.2, 0.25) is 0 Å². The number of benzene rings is 5. The molecule has 0 fully saturated rings. The predicted molar refractivity (Wildman–Crippen MR) is 135 cm³/mol. The van der Waals surface area contributed by atoms with Crippen LogP contribution in [0.1, 0.15) is 25.0 Å². The second-order valence-electron chi connectivity index (χ2n) is 9.41. The van der Waals surface area contributed by atoms with E-state index in [1.165, 1.54) is 61.2 Å². The largest absolute Gasteiger partial charge is 0.309 e. The van der Waals surface area contributed by atoms with Gasteiger partial charge in [-0.15, -0.1) is 0 Å². The zero-order chi connectivity index (χ0) is 21.4. The van der Waals surface area contributed by atoms with Crippen LogP contribution >= 0.6 is 0 Å². The molecule has 1 heterocycles. The highest BCUT2D eigenvalue weighted by Gasteiger charge is 2.41. The van der Waals surface area contributed by atoms with Gasteiger partial charge in [-0.25, -0.2) is 0 Å². The Labute approximate surface area is 188 Å². The molecule has 32 heavy (non-hydrogen) atoms. The Morgan fingerprint density at radius 2 is 1.28 bits per heavy atom. The lowest BCUT2D eigenvalue weighted by Crippen LogP contribution is -2.23. The van der Waals surface area contributed by atoms with Crippen LogP contribution in [0.3, 0.4) is 0 Å². The van der Waals surface area contributed by atoms with Crippen molar-refractivity contribution in [1.29, 1.82) is 0 Å². The molecule has 0 N–H and O–H groups in total. The van der Waals surface area contributed by atoms with Crippen LogP contribution in [-0.4, -0.2) is 0 Å². The zero-order valence-corrected chi connectivity index (χ0v) is 18.3. The average molecular weight is 410 g/mol. The van der Waals surface area contributed by atoms with Crippen molar-refractivity contribution in [2.75, 3.05) is 4.90 Å². The van der Waals surface area contributed by atoms with Crippen LogP contribution in [-0.2, 0) is 5.41 Å². The molecule has 0 unspecified atom stereocenters. The Morgan fingerprint density at radius 1 is 0.594 bits per heavy atom. The molecule has 0 amide bonds. The van der Waals surface area contributed by atoms with Crippen LogP contribution in [0.15, 0.2) is 103 Å². The molecule has 2 aliphatic rings. The Hall–Kier alpha value is -3.84.